The predicted molar refractivity (Wildman–Crippen MR) is 107 cm³/mol. The summed E-state index contributed by atoms with van der Waals surface area (Å²) in [6, 6.07) is 0. The highest BCUT2D eigenvalue weighted by atomic mass is 16.5. The van der Waals surface area contributed by atoms with E-state index in [-0.39, 0.29) is 41.2 Å². The molecule has 1 heterocycles. The molecule has 0 amide bonds. The second-order valence-corrected chi connectivity index (χ2v) is 11.0. The van der Waals surface area contributed by atoms with Crippen LogP contribution in [0.1, 0.15) is 65.2 Å². The Morgan fingerprint density at radius 2 is 1.83 bits per heavy atom. The monoisotopic (exact) mass is 418 g/mol. The molecule has 166 valence electrons. The molecule has 9 unspecified atom stereocenters. The van der Waals surface area contributed by atoms with Gasteiger partial charge in [0.1, 0.15) is 6.61 Å². The van der Waals surface area contributed by atoms with Crippen molar-refractivity contribution < 1.29 is 29.0 Å². The van der Waals surface area contributed by atoms with Crippen LogP contribution in [0.5, 0.6) is 0 Å². The Morgan fingerprint density at radius 3 is 2.57 bits per heavy atom. The second kappa shape index (κ2) is 7.04. The minimum absolute atomic E-state index is 0.0143. The molecule has 1 N–H and O–H groups in total. The van der Waals surface area contributed by atoms with Gasteiger partial charge in [0.25, 0.3) is 0 Å². The van der Waals surface area contributed by atoms with E-state index in [0.717, 1.165) is 58.0 Å². The third-order valence-corrected chi connectivity index (χ3v) is 10.1. The molecule has 6 nitrogen and oxygen atoms in total. The fourth-order valence-corrected chi connectivity index (χ4v) is 8.79. The lowest BCUT2D eigenvalue weighted by molar-refractivity contribution is -0.153. The zero-order valence-corrected chi connectivity index (χ0v) is 18.1. The molecular weight excluding hydrogens is 384 g/mol. The van der Waals surface area contributed by atoms with E-state index in [0.29, 0.717) is 23.7 Å². The van der Waals surface area contributed by atoms with E-state index in [4.69, 9.17) is 9.47 Å². The van der Waals surface area contributed by atoms with Crippen molar-refractivity contribution in [2.24, 2.45) is 46.3 Å². The summed E-state index contributed by atoms with van der Waals surface area (Å²) < 4.78 is 11.4. The molecule has 0 spiro atoms. The summed E-state index contributed by atoms with van der Waals surface area (Å²) in [5, 5.41) is 9.56. The van der Waals surface area contributed by atoms with Crippen LogP contribution in [0.25, 0.3) is 0 Å². The first-order valence-electron chi connectivity index (χ1n) is 11.8. The lowest BCUT2D eigenvalue weighted by Crippen LogP contribution is -2.56. The SMILES string of the molecule is CC(=O)OCC(=O)C1CCC2C3CC4OCC5(CCC(C(=O)O)CC45)C3CCC12C. The zero-order chi connectivity index (χ0) is 21.3. The summed E-state index contributed by atoms with van der Waals surface area (Å²) in [7, 11) is 0. The number of carboxylic acids is 1. The molecular formula is C24H34O6. The van der Waals surface area contributed by atoms with Crippen molar-refractivity contribution in [3.8, 4) is 0 Å². The van der Waals surface area contributed by atoms with Crippen molar-refractivity contribution in [1.29, 1.82) is 0 Å². The molecule has 5 fully saturated rings. The van der Waals surface area contributed by atoms with E-state index >= 15 is 0 Å². The molecule has 0 aromatic rings. The molecule has 0 aromatic carbocycles. The predicted octanol–water partition coefficient (Wildman–Crippen LogP) is 3.47. The molecule has 2 bridgehead atoms. The Hall–Kier alpha value is -1.43. The highest BCUT2D eigenvalue weighted by Crippen LogP contribution is 2.70. The lowest BCUT2D eigenvalue weighted by Gasteiger charge is -2.59. The first kappa shape index (κ1) is 20.5. The number of aliphatic carboxylic acids is 1. The number of ether oxygens (including phenoxy) is 2. The van der Waals surface area contributed by atoms with Gasteiger partial charge in [-0.2, -0.15) is 0 Å². The van der Waals surface area contributed by atoms with Gasteiger partial charge in [-0.1, -0.05) is 6.92 Å². The molecule has 5 rings (SSSR count). The average Bonchev–Trinajstić information content (AvgIpc) is 3.20. The number of hydrogen-bond donors (Lipinski definition) is 1. The average molecular weight is 419 g/mol. The standard InChI is InChI=1S/C24H34O6/c1-13(25)29-11-20(26)18-4-3-16-15-10-21-19-9-14(22(27)28)5-8-24(19,12-30-21)17(15)6-7-23(16,18)2/h14-19,21H,3-12H2,1-2H3,(H,27,28). The summed E-state index contributed by atoms with van der Waals surface area (Å²) in [4.78, 5) is 35.7. The molecule has 0 radical (unpaired) electrons. The molecule has 9 atom stereocenters. The van der Waals surface area contributed by atoms with Crippen LogP contribution < -0.4 is 0 Å². The summed E-state index contributed by atoms with van der Waals surface area (Å²) in [6.07, 6.45) is 7.85. The van der Waals surface area contributed by atoms with Crippen LogP contribution in [-0.4, -0.2) is 42.1 Å². The van der Waals surface area contributed by atoms with Crippen molar-refractivity contribution in [3.63, 3.8) is 0 Å². The van der Waals surface area contributed by atoms with Gasteiger partial charge < -0.3 is 14.6 Å². The minimum Gasteiger partial charge on any atom is -0.481 e. The smallest absolute Gasteiger partial charge is 0.306 e. The molecule has 6 heteroatoms. The maximum Gasteiger partial charge on any atom is 0.306 e. The van der Waals surface area contributed by atoms with E-state index in [9.17, 15) is 19.5 Å². The van der Waals surface area contributed by atoms with Gasteiger partial charge in [0.15, 0.2) is 5.78 Å². The maximum absolute atomic E-state index is 12.9. The van der Waals surface area contributed by atoms with E-state index in [1.807, 2.05) is 0 Å². The van der Waals surface area contributed by atoms with Crippen LogP contribution in [0.3, 0.4) is 0 Å². The van der Waals surface area contributed by atoms with Crippen LogP contribution in [0.4, 0.5) is 0 Å². The van der Waals surface area contributed by atoms with E-state index in [2.05, 4.69) is 6.92 Å². The summed E-state index contributed by atoms with van der Waals surface area (Å²) >= 11 is 0. The largest absolute Gasteiger partial charge is 0.481 e. The number of esters is 1. The number of hydrogen-bond acceptors (Lipinski definition) is 5. The van der Waals surface area contributed by atoms with E-state index in [1.54, 1.807) is 0 Å². The lowest BCUT2D eigenvalue weighted by atomic mass is 9.44. The summed E-state index contributed by atoms with van der Waals surface area (Å²) in [5.74, 6) is 0.884. The van der Waals surface area contributed by atoms with Crippen molar-refractivity contribution in [3.05, 3.63) is 0 Å². The van der Waals surface area contributed by atoms with Crippen LogP contribution in [-0.2, 0) is 23.9 Å². The van der Waals surface area contributed by atoms with Gasteiger partial charge in [-0.25, -0.2) is 0 Å². The highest BCUT2D eigenvalue weighted by molar-refractivity contribution is 5.85. The second-order valence-electron chi connectivity index (χ2n) is 11.0. The Kier molecular flexibility index (Phi) is 4.81. The number of carbonyl (C=O) groups is 3. The fourth-order valence-electron chi connectivity index (χ4n) is 8.79. The van der Waals surface area contributed by atoms with Gasteiger partial charge in [-0.05, 0) is 80.5 Å². The van der Waals surface area contributed by atoms with Crippen molar-refractivity contribution in [2.75, 3.05) is 13.2 Å². The number of ketones is 1. The quantitative estimate of drug-likeness (QED) is 0.703. The third-order valence-electron chi connectivity index (χ3n) is 10.1. The normalized spacial score (nSPS) is 48.9. The number of carboxylic acid groups (broad SMARTS) is 1. The van der Waals surface area contributed by atoms with E-state index < -0.39 is 11.9 Å². The molecule has 1 saturated heterocycles. The highest BCUT2D eigenvalue weighted by Gasteiger charge is 2.67. The number of Topliss-reactive ketones (excluding diaryl/α,β-unsaturated/α-hetero) is 1. The summed E-state index contributed by atoms with van der Waals surface area (Å²) in [6.45, 7) is 4.36. The van der Waals surface area contributed by atoms with Gasteiger partial charge >= 0.3 is 11.9 Å². The zero-order valence-electron chi connectivity index (χ0n) is 18.1. The van der Waals surface area contributed by atoms with Crippen LogP contribution >= 0.6 is 0 Å². The summed E-state index contributed by atoms with van der Waals surface area (Å²) in [5.41, 5.74) is 0.139. The van der Waals surface area contributed by atoms with Crippen LogP contribution in [0.2, 0.25) is 0 Å². The number of carbonyl (C=O) groups excluding carboxylic acids is 2. The maximum atomic E-state index is 12.9. The Morgan fingerprint density at radius 1 is 1.03 bits per heavy atom. The molecule has 1 aliphatic heterocycles. The first-order chi connectivity index (χ1) is 14.3. The third kappa shape index (κ3) is 2.81. The van der Waals surface area contributed by atoms with Crippen molar-refractivity contribution >= 4 is 17.7 Å². The minimum atomic E-state index is -0.646. The number of fused-ring (bicyclic) bond motifs is 3. The van der Waals surface area contributed by atoms with Crippen LogP contribution in [0, 0.1) is 46.3 Å². The van der Waals surface area contributed by atoms with Crippen molar-refractivity contribution in [2.45, 2.75) is 71.3 Å². The Balaban J connectivity index is 1.37. The fraction of sp³-hybridized carbons (Fsp3) is 0.875. The molecule has 4 aliphatic carbocycles. The first-order valence-corrected chi connectivity index (χ1v) is 11.8. The van der Waals surface area contributed by atoms with Gasteiger partial charge in [-0.3, -0.25) is 14.4 Å². The van der Waals surface area contributed by atoms with Crippen molar-refractivity contribution in [1.82, 2.24) is 0 Å². The molecule has 4 saturated carbocycles. The van der Waals surface area contributed by atoms with Gasteiger partial charge in [0, 0.05) is 18.3 Å². The number of rotatable bonds is 4. The van der Waals surface area contributed by atoms with Gasteiger partial charge in [0.2, 0.25) is 0 Å². The topological polar surface area (TPSA) is 89.9 Å². The van der Waals surface area contributed by atoms with Gasteiger partial charge in [0.05, 0.1) is 18.6 Å². The molecule has 5 aliphatic rings. The Bertz CT molecular complexity index is 763. The van der Waals surface area contributed by atoms with E-state index in [1.165, 1.54) is 6.92 Å². The molecule has 0 aromatic heterocycles. The van der Waals surface area contributed by atoms with Gasteiger partial charge in [-0.15, -0.1) is 0 Å². The van der Waals surface area contributed by atoms with Crippen LogP contribution in [0.15, 0.2) is 0 Å². The Labute approximate surface area is 178 Å². The molecule has 30 heavy (non-hydrogen) atoms.